The monoisotopic (exact) mass is 449 g/mol. The van der Waals surface area contributed by atoms with Crippen LogP contribution >= 0.6 is 0 Å². The van der Waals surface area contributed by atoms with Crippen molar-refractivity contribution in [3.63, 3.8) is 0 Å². The minimum atomic E-state index is -3.77. The number of fused-ring (bicyclic) bond motifs is 1. The number of benzene rings is 1. The van der Waals surface area contributed by atoms with Gasteiger partial charge in [-0.05, 0) is 31.5 Å². The molecule has 9 nitrogen and oxygen atoms in total. The zero-order chi connectivity index (χ0) is 22.3. The first-order valence-electron chi connectivity index (χ1n) is 10.1. The number of carbonyl (C=O) groups is 1. The number of carbonyl (C=O) groups excluding carboxylic acids is 1. The Morgan fingerprint density at radius 3 is 2.65 bits per heavy atom. The summed E-state index contributed by atoms with van der Waals surface area (Å²) in [6.07, 6.45) is 2.40. The van der Waals surface area contributed by atoms with Gasteiger partial charge in [0.05, 0.1) is 24.2 Å². The van der Waals surface area contributed by atoms with Gasteiger partial charge in [0.25, 0.3) is 0 Å². The summed E-state index contributed by atoms with van der Waals surface area (Å²) in [6, 6.07) is 8.02. The minimum absolute atomic E-state index is 0.00571. The van der Waals surface area contributed by atoms with Crippen LogP contribution in [0.15, 0.2) is 41.4 Å². The molecule has 168 valence electrons. The van der Waals surface area contributed by atoms with Crippen LogP contribution in [0.3, 0.4) is 0 Å². The van der Waals surface area contributed by atoms with Gasteiger partial charge in [-0.1, -0.05) is 6.07 Å². The van der Waals surface area contributed by atoms with E-state index in [1.165, 1.54) is 12.1 Å². The fourth-order valence-electron chi connectivity index (χ4n) is 2.81. The smallest absolute Gasteiger partial charge is 0.240 e. The van der Waals surface area contributed by atoms with Crippen LogP contribution in [0.25, 0.3) is 0 Å². The Morgan fingerprint density at radius 2 is 1.94 bits per heavy atom. The zero-order valence-corrected chi connectivity index (χ0v) is 18.4. The number of hydrogen-bond donors (Lipinski definition) is 2. The van der Waals surface area contributed by atoms with Gasteiger partial charge in [-0.25, -0.2) is 18.1 Å². The van der Waals surface area contributed by atoms with Crippen molar-refractivity contribution >= 4 is 15.9 Å². The molecule has 2 aromatic rings. The number of hydrogen-bond acceptors (Lipinski definition) is 7. The molecule has 0 bridgehead atoms. The predicted molar refractivity (Wildman–Crippen MR) is 114 cm³/mol. The second kappa shape index (κ2) is 10.5. The van der Waals surface area contributed by atoms with Crippen LogP contribution < -0.4 is 24.2 Å². The molecule has 0 saturated heterocycles. The molecular weight excluding hydrogens is 422 g/mol. The first-order valence-corrected chi connectivity index (χ1v) is 11.6. The number of pyridine rings is 1. The minimum Gasteiger partial charge on any atom is -0.490 e. The summed E-state index contributed by atoms with van der Waals surface area (Å²) in [5.74, 6) is 1.17. The van der Waals surface area contributed by atoms with E-state index in [4.69, 9.17) is 14.2 Å². The molecule has 0 saturated carbocycles. The molecule has 1 aromatic carbocycles. The summed E-state index contributed by atoms with van der Waals surface area (Å²) in [5, 5.41) is 2.74. The standard InChI is InChI=1S/C21H27N3O6S/c1-15(2)30-21-7-4-16(14-23-21)13-22-20(25)8-9-24-31(26,27)17-5-6-18-19(12-17)29-11-3-10-28-18/h4-7,12,14-15,24H,3,8-11,13H2,1-2H3,(H,22,25). The van der Waals surface area contributed by atoms with E-state index < -0.39 is 10.0 Å². The third-order valence-electron chi connectivity index (χ3n) is 4.32. The van der Waals surface area contributed by atoms with E-state index in [1.807, 2.05) is 19.9 Å². The number of nitrogens with one attached hydrogen (secondary N) is 2. The van der Waals surface area contributed by atoms with Crippen molar-refractivity contribution in [3.05, 3.63) is 42.1 Å². The van der Waals surface area contributed by atoms with Gasteiger partial charge in [0, 0.05) is 44.3 Å². The molecule has 0 radical (unpaired) electrons. The molecular formula is C21H27N3O6S. The van der Waals surface area contributed by atoms with Crippen molar-refractivity contribution in [2.75, 3.05) is 19.8 Å². The van der Waals surface area contributed by atoms with Crippen molar-refractivity contribution in [2.45, 2.75) is 44.2 Å². The molecule has 31 heavy (non-hydrogen) atoms. The van der Waals surface area contributed by atoms with Gasteiger partial charge >= 0.3 is 0 Å². The molecule has 1 amide bonds. The first kappa shape index (κ1) is 22.8. The highest BCUT2D eigenvalue weighted by molar-refractivity contribution is 7.89. The second-order valence-electron chi connectivity index (χ2n) is 7.25. The lowest BCUT2D eigenvalue weighted by Crippen LogP contribution is -2.30. The van der Waals surface area contributed by atoms with E-state index in [2.05, 4.69) is 15.0 Å². The van der Waals surface area contributed by atoms with Crippen molar-refractivity contribution < 1.29 is 27.4 Å². The molecule has 0 fully saturated rings. The van der Waals surface area contributed by atoms with E-state index >= 15 is 0 Å². The summed E-state index contributed by atoms with van der Waals surface area (Å²) in [6.45, 7) is 5.09. The summed E-state index contributed by atoms with van der Waals surface area (Å²) in [5.41, 5.74) is 0.817. The van der Waals surface area contributed by atoms with Gasteiger partial charge in [0.1, 0.15) is 0 Å². The lowest BCUT2D eigenvalue weighted by Gasteiger charge is -2.11. The third-order valence-corrected chi connectivity index (χ3v) is 5.78. The fourth-order valence-corrected chi connectivity index (χ4v) is 3.86. The second-order valence-corrected chi connectivity index (χ2v) is 9.02. The number of nitrogens with zero attached hydrogens (tertiary/aromatic N) is 1. The number of sulfonamides is 1. The van der Waals surface area contributed by atoms with E-state index in [0.717, 1.165) is 12.0 Å². The van der Waals surface area contributed by atoms with E-state index in [9.17, 15) is 13.2 Å². The maximum absolute atomic E-state index is 12.5. The van der Waals surface area contributed by atoms with E-state index in [0.29, 0.717) is 37.1 Å². The van der Waals surface area contributed by atoms with Crippen molar-refractivity contribution in [1.29, 1.82) is 0 Å². The van der Waals surface area contributed by atoms with Crippen LogP contribution in [0.4, 0.5) is 0 Å². The quantitative estimate of drug-likeness (QED) is 0.602. The van der Waals surface area contributed by atoms with Gasteiger partial charge in [0.15, 0.2) is 11.5 Å². The van der Waals surface area contributed by atoms with Crippen molar-refractivity contribution in [3.8, 4) is 17.4 Å². The van der Waals surface area contributed by atoms with Crippen LogP contribution in [-0.2, 0) is 21.4 Å². The Bertz CT molecular complexity index is 993. The Hall–Kier alpha value is -2.85. The number of amides is 1. The largest absolute Gasteiger partial charge is 0.490 e. The molecule has 0 spiro atoms. The lowest BCUT2D eigenvalue weighted by atomic mass is 10.3. The van der Waals surface area contributed by atoms with Crippen LogP contribution in [0.5, 0.6) is 17.4 Å². The molecule has 2 heterocycles. The average molecular weight is 450 g/mol. The van der Waals surface area contributed by atoms with Gasteiger partial charge in [-0.15, -0.1) is 0 Å². The first-order chi connectivity index (χ1) is 14.8. The van der Waals surface area contributed by atoms with Gasteiger partial charge in [-0.2, -0.15) is 0 Å². The summed E-state index contributed by atoms with van der Waals surface area (Å²) in [4.78, 5) is 16.3. The molecule has 0 atom stereocenters. The number of ether oxygens (including phenoxy) is 3. The molecule has 1 aromatic heterocycles. The Morgan fingerprint density at radius 1 is 1.16 bits per heavy atom. The molecule has 0 unspecified atom stereocenters. The van der Waals surface area contributed by atoms with Crippen molar-refractivity contribution in [2.24, 2.45) is 0 Å². The number of rotatable bonds is 9. The zero-order valence-electron chi connectivity index (χ0n) is 17.6. The highest BCUT2D eigenvalue weighted by Crippen LogP contribution is 2.31. The molecule has 0 aliphatic carbocycles. The van der Waals surface area contributed by atoms with Gasteiger partial charge < -0.3 is 19.5 Å². The van der Waals surface area contributed by atoms with E-state index in [1.54, 1.807) is 18.3 Å². The summed E-state index contributed by atoms with van der Waals surface area (Å²) >= 11 is 0. The van der Waals surface area contributed by atoms with Gasteiger partial charge in [0.2, 0.25) is 21.8 Å². The lowest BCUT2D eigenvalue weighted by molar-refractivity contribution is -0.121. The molecule has 10 heteroatoms. The molecule has 1 aliphatic heterocycles. The highest BCUT2D eigenvalue weighted by atomic mass is 32.2. The average Bonchev–Trinajstić information content (AvgIpc) is 2.97. The summed E-state index contributed by atoms with van der Waals surface area (Å²) in [7, 11) is -3.77. The SMILES string of the molecule is CC(C)Oc1ccc(CNC(=O)CCNS(=O)(=O)c2ccc3c(c2)OCCCO3)cn1. The maximum atomic E-state index is 12.5. The number of aromatic nitrogens is 1. The molecule has 3 rings (SSSR count). The van der Waals surface area contributed by atoms with Crippen molar-refractivity contribution in [1.82, 2.24) is 15.0 Å². The van der Waals surface area contributed by atoms with Crippen LogP contribution in [0, 0.1) is 0 Å². The Labute approximate surface area is 182 Å². The van der Waals surface area contributed by atoms with E-state index in [-0.39, 0.29) is 29.9 Å². The normalized spacial score (nSPS) is 13.5. The Balaban J connectivity index is 1.45. The molecule has 2 N–H and O–H groups in total. The fraction of sp³-hybridized carbons (Fsp3) is 0.429. The highest BCUT2D eigenvalue weighted by Gasteiger charge is 2.19. The van der Waals surface area contributed by atoms with Crippen LogP contribution in [0.1, 0.15) is 32.3 Å². The third kappa shape index (κ3) is 6.83. The topological polar surface area (TPSA) is 116 Å². The molecule has 1 aliphatic rings. The van der Waals surface area contributed by atoms with Crippen LogP contribution in [-0.4, -0.2) is 45.2 Å². The van der Waals surface area contributed by atoms with Crippen LogP contribution in [0.2, 0.25) is 0 Å². The van der Waals surface area contributed by atoms with Gasteiger partial charge in [-0.3, -0.25) is 4.79 Å². The maximum Gasteiger partial charge on any atom is 0.240 e. The Kier molecular flexibility index (Phi) is 7.69. The summed E-state index contributed by atoms with van der Waals surface area (Å²) < 4.78 is 44.0. The predicted octanol–water partition coefficient (Wildman–Crippen LogP) is 2.01.